The number of carbonyl (C=O) groups is 1. The second-order valence-corrected chi connectivity index (χ2v) is 3.23. The molecule has 0 heterocycles. The lowest BCUT2D eigenvalue weighted by Crippen LogP contribution is -2.14. The molecule has 0 aromatic heterocycles. The van der Waals surface area contributed by atoms with Crippen molar-refractivity contribution in [2.24, 2.45) is 0 Å². The van der Waals surface area contributed by atoms with Crippen LogP contribution in [-0.2, 0) is 11.0 Å². The van der Waals surface area contributed by atoms with Gasteiger partial charge in [0, 0.05) is 6.07 Å². The van der Waals surface area contributed by atoms with Gasteiger partial charge in [0.1, 0.15) is 12.2 Å². The van der Waals surface area contributed by atoms with Crippen LogP contribution in [0.1, 0.15) is 5.56 Å². The molecule has 1 aromatic carbocycles. The van der Waals surface area contributed by atoms with Gasteiger partial charge in [-0.05, 0) is 12.1 Å². The van der Waals surface area contributed by atoms with Gasteiger partial charge in [-0.2, -0.15) is 13.2 Å². The van der Waals surface area contributed by atoms with Crippen molar-refractivity contribution >= 4 is 17.3 Å². The molecule has 1 aromatic rings. The molecule has 0 aliphatic rings. The van der Waals surface area contributed by atoms with Crippen molar-refractivity contribution in [3.8, 4) is 0 Å². The van der Waals surface area contributed by atoms with Crippen molar-refractivity contribution in [3.63, 3.8) is 0 Å². The minimum atomic E-state index is -4.70. The van der Waals surface area contributed by atoms with Gasteiger partial charge in [0.25, 0.3) is 5.69 Å². The van der Waals surface area contributed by atoms with Crippen LogP contribution in [0.25, 0.3) is 0 Å². The molecule has 2 N–H and O–H groups in total. The number of aliphatic carboxylic acids is 1. The SMILES string of the molecule is O=C(O)CNc1ccc(C(F)(F)F)cc1[N+](=O)[O-]. The smallest absolute Gasteiger partial charge is 0.416 e. The highest BCUT2D eigenvalue weighted by atomic mass is 19.4. The highest BCUT2D eigenvalue weighted by Crippen LogP contribution is 2.34. The summed E-state index contributed by atoms with van der Waals surface area (Å²) in [4.78, 5) is 19.8. The van der Waals surface area contributed by atoms with E-state index < -0.39 is 34.9 Å². The van der Waals surface area contributed by atoms with Crippen LogP contribution in [0.3, 0.4) is 0 Å². The normalized spacial score (nSPS) is 11.1. The van der Waals surface area contributed by atoms with E-state index in [1.165, 1.54) is 0 Å². The van der Waals surface area contributed by atoms with Crippen LogP contribution in [0.5, 0.6) is 0 Å². The molecule has 0 fully saturated rings. The van der Waals surface area contributed by atoms with Gasteiger partial charge in [-0.25, -0.2) is 0 Å². The maximum Gasteiger partial charge on any atom is 0.416 e. The number of hydrogen-bond acceptors (Lipinski definition) is 4. The van der Waals surface area contributed by atoms with Gasteiger partial charge in [-0.15, -0.1) is 0 Å². The van der Waals surface area contributed by atoms with Crippen LogP contribution in [0.2, 0.25) is 0 Å². The number of carboxylic acids is 1. The van der Waals surface area contributed by atoms with E-state index in [1.54, 1.807) is 0 Å². The molecular formula is C9H7F3N2O4. The second kappa shape index (κ2) is 4.90. The molecule has 98 valence electrons. The Hall–Kier alpha value is -2.32. The summed E-state index contributed by atoms with van der Waals surface area (Å²) in [5.41, 5.74) is -2.28. The van der Waals surface area contributed by atoms with E-state index in [2.05, 4.69) is 5.32 Å². The van der Waals surface area contributed by atoms with Crippen molar-refractivity contribution < 1.29 is 28.0 Å². The molecule has 0 saturated heterocycles. The van der Waals surface area contributed by atoms with Crippen LogP contribution in [-0.4, -0.2) is 22.5 Å². The second-order valence-electron chi connectivity index (χ2n) is 3.23. The summed E-state index contributed by atoms with van der Waals surface area (Å²) < 4.78 is 37.0. The number of hydrogen-bond donors (Lipinski definition) is 2. The van der Waals surface area contributed by atoms with E-state index >= 15 is 0 Å². The van der Waals surface area contributed by atoms with Gasteiger partial charge < -0.3 is 10.4 Å². The fourth-order valence-electron chi connectivity index (χ4n) is 1.18. The quantitative estimate of drug-likeness (QED) is 0.641. The predicted molar refractivity (Wildman–Crippen MR) is 54.2 cm³/mol. The number of carboxylic acid groups (broad SMARTS) is 1. The third kappa shape index (κ3) is 3.34. The average Bonchev–Trinajstić information content (AvgIpc) is 2.24. The Morgan fingerprint density at radius 1 is 1.44 bits per heavy atom. The van der Waals surface area contributed by atoms with Gasteiger partial charge in [0.05, 0.1) is 10.5 Å². The lowest BCUT2D eigenvalue weighted by Gasteiger charge is -2.09. The van der Waals surface area contributed by atoms with E-state index in [9.17, 15) is 28.1 Å². The van der Waals surface area contributed by atoms with E-state index in [4.69, 9.17) is 5.11 Å². The predicted octanol–water partition coefficient (Wildman–Crippen LogP) is 2.11. The summed E-state index contributed by atoms with van der Waals surface area (Å²) in [6.45, 7) is -0.633. The molecule has 18 heavy (non-hydrogen) atoms. The zero-order chi connectivity index (χ0) is 13.9. The first-order chi connectivity index (χ1) is 8.21. The summed E-state index contributed by atoms with van der Waals surface area (Å²) in [7, 11) is 0. The van der Waals surface area contributed by atoms with Crippen LogP contribution in [0.15, 0.2) is 18.2 Å². The minimum absolute atomic E-state index is 0.282. The number of nitrogens with one attached hydrogen (secondary N) is 1. The molecule has 6 nitrogen and oxygen atoms in total. The van der Waals surface area contributed by atoms with Crippen LogP contribution >= 0.6 is 0 Å². The van der Waals surface area contributed by atoms with Crippen molar-refractivity contribution in [1.82, 2.24) is 0 Å². The Bertz CT molecular complexity index is 487. The van der Waals surface area contributed by atoms with Crippen LogP contribution in [0, 0.1) is 10.1 Å². The lowest BCUT2D eigenvalue weighted by atomic mass is 10.1. The first-order valence-corrected chi connectivity index (χ1v) is 4.53. The minimum Gasteiger partial charge on any atom is -0.480 e. The van der Waals surface area contributed by atoms with Gasteiger partial charge in [-0.1, -0.05) is 0 Å². The summed E-state index contributed by atoms with van der Waals surface area (Å²) in [6, 6.07) is 1.81. The number of nitro groups is 1. The molecule has 0 bridgehead atoms. The Balaban J connectivity index is 3.13. The van der Waals surface area contributed by atoms with Gasteiger partial charge in [-0.3, -0.25) is 14.9 Å². The fourth-order valence-corrected chi connectivity index (χ4v) is 1.18. The number of halogens is 3. The zero-order valence-electron chi connectivity index (χ0n) is 8.69. The van der Waals surface area contributed by atoms with Crippen molar-refractivity contribution in [2.75, 3.05) is 11.9 Å². The van der Waals surface area contributed by atoms with E-state index in [0.29, 0.717) is 12.1 Å². The lowest BCUT2D eigenvalue weighted by molar-refractivity contribution is -0.384. The molecule has 0 aliphatic carbocycles. The zero-order valence-corrected chi connectivity index (χ0v) is 8.69. The number of rotatable bonds is 4. The summed E-state index contributed by atoms with van der Waals surface area (Å²) in [5, 5.41) is 21.1. The van der Waals surface area contributed by atoms with Crippen LogP contribution < -0.4 is 5.32 Å². The third-order valence-corrected chi connectivity index (χ3v) is 1.95. The largest absolute Gasteiger partial charge is 0.480 e. The Morgan fingerprint density at radius 2 is 2.06 bits per heavy atom. The standard InChI is InChI=1S/C9H7F3N2O4/c10-9(11,12)5-1-2-6(13-4-8(15)16)7(3-5)14(17)18/h1-3,13H,4H2,(H,15,16). The van der Waals surface area contributed by atoms with Crippen molar-refractivity contribution in [3.05, 3.63) is 33.9 Å². The third-order valence-electron chi connectivity index (χ3n) is 1.95. The van der Waals surface area contributed by atoms with E-state index in [1.807, 2.05) is 0 Å². The average molecular weight is 264 g/mol. The molecule has 0 aliphatic heterocycles. The monoisotopic (exact) mass is 264 g/mol. The number of alkyl halides is 3. The first-order valence-electron chi connectivity index (χ1n) is 4.53. The number of nitrogens with zero attached hydrogens (tertiary/aromatic N) is 1. The Morgan fingerprint density at radius 3 is 2.50 bits per heavy atom. The van der Waals surface area contributed by atoms with E-state index in [0.717, 1.165) is 6.07 Å². The molecule has 0 atom stereocenters. The topological polar surface area (TPSA) is 92.5 Å². The molecule has 1 rings (SSSR count). The summed E-state index contributed by atoms with van der Waals surface area (Å²) in [6.07, 6.45) is -4.70. The maximum atomic E-state index is 12.3. The molecular weight excluding hydrogens is 257 g/mol. The molecule has 0 saturated carbocycles. The first kappa shape index (κ1) is 13.7. The van der Waals surface area contributed by atoms with Crippen LogP contribution in [0.4, 0.5) is 24.5 Å². The molecule has 0 amide bonds. The maximum absolute atomic E-state index is 12.3. The fraction of sp³-hybridized carbons (Fsp3) is 0.222. The summed E-state index contributed by atoms with van der Waals surface area (Å²) >= 11 is 0. The molecule has 9 heteroatoms. The van der Waals surface area contributed by atoms with Crippen molar-refractivity contribution in [2.45, 2.75) is 6.18 Å². The van der Waals surface area contributed by atoms with Gasteiger partial charge in [0.2, 0.25) is 0 Å². The van der Waals surface area contributed by atoms with Crippen molar-refractivity contribution in [1.29, 1.82) is 0 Å². The van der Waals surface area contributed by atoms with Gasteiger partial charge >= 0.3 is 12.1 Å². The Labute approximate surface area is 98.2 Å². The number of anilines is 1. The number of nitro benzene ring substituents is 1. The highest BCUT2D eigenvalue weighted by molar-refractivity contribution is 5.75. The molecule has 0 spiro atoms. The summed E-state index contributed by atoms with van der Waals surface area (Å²) in [5.74, 6) is -1.29. The number of benzene rings is 1. The van der Waals surface area contributed by atoms with E-state index in [-0.39, 0.29) is 5.69 Å². The van der Waals surface area contributed by atoms with Gasteiger partial charge in [0.15, 0.2) is 0 Å². The molecule has 0 unspecified atom stereocenters. The molecule has 0 radical (unpaired) electrons. The highest BCUT2D eigenvalue weighted by Gasteiger charge is 2.33. The Kier molecular flexibility index (Phi) is 3.74.